The van der Waals surface area contributed by atoms with E-state index in [0.29, 0.717) is 14.3 Å². The van der Waals surface area contributed by atoms with Crippen LogP contribution in [0.15, 0.2) is 24.3 Å². The van der Waals surface area contributed by atoms with E-state index in [2.05, 4.69) is 32.3 Å². The molecule has 0 unspecified atom stereocenters. The van der Waals surface area contributed by atoms with E-state index in [1.165, 1.54) is 5.56 Å². The summed E-state index contributed by atoms with van der Waals surface area (Å²) in [7, 11) is 0.698. The van der Waals surface area contributed by atoms with E-state index in [1.807, 2.05) is 12.1 Å². The SMILES string of the molecule is C=POc1ccc(C(C)C)cc1. The second kappa shape index (κ2) is 4.27. The number of hydrogen-bond donors (Lipinski definition) is 0. The fourth-order valence-corrected chi connectivity index (χ4v) is 1.26. The van der Waals surface area contributed by atoms with Crippen molar-refractivity contribution in [1.29, 1.82) is 0 Å². The molecule has 64 valence electrons. The van der Waals surface area contributed by atoms with Gasteiger partial charge in [0.05, 0.1) is 0 Å². The zero-order chi connectivity index (χ0) is 8.97. The van der Waals surface area contributed by atoms with E-state index in [4.69, 9.17) is 4.52 Å². The first-order valence-corrected chi connectivity index (χ1v) is 4.97. The molecule has 0 saturated heterocycles. The molecule has 0 amide bonds. The van der Waals surface area contributed by atoms with Gasteiger partial charge in [-0.15, -0.1) is 0 Å². The van der Waals surface area contributed by atoms with E-state index < -0.39 is 0 Å². The molecule has 0 aliphatic rings. The van der Waals surface area contributed by atoms with Gasteiger partial charge in [0.1, 0.15) is 14.2 Å². The largest absolute Gasteiger partial charge is 0.440 e. The molecule has 0 aliphatic carbocycles. The maximum atomic E-state index is 5.20. The Morgan fingerprint density at radius 3 is 2.25 bits per heavy atom. The molecule has 0 bridgehead atoms. The molecule has 1 rings (SSSR count). The molecule has 0 aliphatic heterocycles. The Kier molecular flexibility index (Phi) is 3.31. The molecule has 1 aromatic carbocycles. The lowest BCUT2D eigenvalue weighted by Gasteiger charge is -2.05. The van der Waals surface area contributed by atoms with Crippen molar-refractivity contribution in [2.45, 2.75) is 19.8 Å². The van der Waals surface area contributed by atoms with Crippen LogP contribution >= 0.6 is 8.43 Å². The fourth-order valence-electron chi connectivity index (χ4n) is 0.988. The highest BCUT2D eigenvalue weighted by Crippen LogP contribution is 2.20. The van der Waals surface area contributed by atoms with Gasteiger partial charge < -0.3 is 4.52 Å². The highest BCUT2D eigenvalue weighted by atomic mass is 31.1. The van der Waals surface area contributed by atoms with Crippen LogP contribution in [-0.2, 0) is 0 Å². The quantitative estimate of drug-likeness (QED) is 0.647. The lowest BCUT2D eigenvalue weighted by atomic mass is 10.0. The highest BCUT2D eigenvalue weighted by Gasteiger charge is 1.97. The third-order valence-corrected chi connectivity index (χ3v) is 2.06. The van der Waals surface area contributed by atoms with Gasteiger partial charge in [-0.25, -0.2) is 0 Å². The first kappa shape index (κ1) is 9.28. The normalized spacial score (nSPS) is 10.6. The van der Waals surface area contributed by atoms with Crippen LogP contribution in [0.2, 0.25) is 0 Å². The predicted octanol–water partition coefficient (Wildman–Crippen LogP) is 3.48. The van der Waals surface area contributed by atoms with Crippen molar-refractivity contribution < 1.29 is 4.52 Å². The highest BCUT2D eigenvalue weighted by molar-refractivity contribution is 7.31. The monoisotopic (exact) mass is 180 g/mol. The second-order valence-corrected chi connectivity index (χ2v) is 3.38. The minimum Gasteiger partial charge on any atom is -0.440 e. The average Bonchev–Trinajstić information content (AvgIpc) is 2.06. The molecule has 0 heterocycles. The van der Waals surface area contributed by atoms with Crippen LogP contribution in [0.5, 0.6) is 5.75 Å². The maximum absolute atomic E-state index is 5.20. The molecule has 0 radical (unpaired) electrons. The Morgan fingerprint density at radius 1 is 1.25 bits per heavy atom. The molecular formula is C10H13OP. The Bertz CT molecular complexity index is 251. The van der Waals surface area contributed by atoms with Crippen molar-refractivity contribution in [3.05, 3.63) is 29.8 Å². The van der Waals surface area contributed by atoms with Gasteiger partial charge in [0, 0.05) is 0 Å². The summed E-state index contributed by atoms with van der Waals surface area (Å²) in [6, 6.07) is 8.14. The lowest BCUT2D eigenvalue weighted by Crippen LogP contribution is -1.85. The number of hydrogen-bond acceptors (Lipinski definition) is 1. The van der Waals surface area contributed by atoms with Gasteiger partial charge >= 0.3 is 0 Å². The van der Waals surface area contributed by atoms with E-state index in [-0.39, 0.29) is 0 Å². The Morgan fingerprint density at radius 2 is 1.83 bits per heavy atom. The van der Waals surface area contributed by atoms with Crippen molar-refractivity contribution in [3.8, 4) is 5.75 Å². The summed E-state index contributed by atoms with van der Waals surface area (Å²) in [6.07, 6.45) is 3.59. The smallest absolute Gasteiger partial charge is 0.131 e. The molecule has 1 aromatic rings. The first-order chi connectivity index (χ1) is 5.74. The van der Waals surface area contributed by atoms with E-state index in [0.717, 1.165) is 5.75 Å². The standard InChI is InChI=1S/C10H13OP/c1-8(2)9-4-6-10(7-5-9)11-12-3/h4-8H,3H2,1-2H3. The van der Waals surface area contributed by atoms with Gasteiger partial charge in [0.15, 0.2) is 0 Å². The van der Waals surface area contributed by atoms with Crippen LogP contribution in [0.25, 0.3) is 0 Å². The predicted molar refractivity (Wildman–Crippen MR) is 55.2 cm³/mol. The van der Waals surface area contributed by atoms with Crippen LogP contribution in [0.3, 0.4) is 0 Å². The Labute approximate surface area is 75.3 Å². The first-order valence-electron chi connectivity index (χ1n) is 3.97. The van der Waals surface area contributed by atoms with Gasteiger partial charge in [-0.2, -0.15) is 0 Å². The summed E-state index contributed by atoms with van der Waals surface area (Å²) in [5, 5.41) is 0. The van der Waals surface area contributed by atoms with Crippen LogP contribution in [0.1, 0.15) is 25.3 Å². The van der Waals surface area contributed by atoms with E-state index >= 15 is 0 Å². The summed E-state index contributed by atoms with van der Waals surface area (Å²) < 4.78 is 5.20. The van der Waals surface area contributed by atoms with E-state index in [9.17, 15) is 0 Å². The average molecular weight is 180 g/mol. The number of rotatable bonds is 3. The summed E-state index contributed by atoms with van der Waals surface area (Å²) in [5.41, 5.74) is 1.34. The Balaban J connectivity index is 2.78. The summed E-state index contributed by atoms with van der Waals surface area (Å²) >= 11 is 0. The van der Waals surface area contributed by atoms with Crippen molar-refractivity contribution in [3.63, 3.8) is 0 Å². The topological polar surface area (TPSA) is 9.23 Å². The van der Waals surface area contributed by atoms with Crippen LogP contribution < -0.4 is 4.52 Å². The molecule has 12 heavy (non-hydrogen) atoms. The molecule has 0 aromatic heterocycles. The zero-order valence-electron chi connectivity index (χ0n) is 7.45. The van der Waals surface area contributed by atoms with Crippen molar-refractivity contribution in [2.75, 3.05) is 0 Å². The fraction of sp³-hybridized carbons (Fsp3) is 0.300. The molecule has 0 N–H and O–H groups in total. The summed E-state index contributed by atoms with van der Waals surface area (Å²) in [5.74, 6) is 1.47. The third kappa shape index (κ3) is 2.35. The molecule has 0 saturated carbocycles. The maximum Gasteiger partial charge on any atom is 0.131 e. The van der Waals surface area contributed by atoms with Gasteiger partial charge in [0.25, 0.3) is 0 Å². The van der Waals surface area contributed by atoms with E-state index in [1.54, 1.807) is 0 Å². The van der Waals surface area contributed by atoms with Crippen LogP contribution in [0, 0.1) is 0 Å². The van der Waals surface area contributed by atoms with Gasteiger partial charge in [-0.3, -0.25) is 0 Å². The molecular weight excluding hydrogens is 167 g/mol. The summed E-state index contributed by atoms with van der Waals surface area (Å²) in [4.78, 5) is 0. The van der Waals surface area contributed by atoms with Crippen molar-refractivity contribution >= 4 is 14.7 Å². The minimum atomic E-state index is 0.580. The summed E-state index contributed by atoms with van der Waals surface area (Å²) in [6.45, 7) is 4.35. The van der Waals surface area contributed by atoms with Gasteiger partial charge in [0.2, 0.25) is 0 Å². The third-order valence-electron chi connectivity index (χ3n) is 1.72. The zero-order valence-corrected chi connectivity index (χ0v) is 8.34. The van der Waals surface area contributed by atoms with Gasteiger partial charge in [-0.05, 0) is 29.9 Å². The minimum absolute atomic E-state index is 0.580. The van der Waals surface area contributed by atoms with Crippen molar-refractivity contribution in [2.24, 2.45) is 0 Å². The molecule has 0 spiro atoms. The second-order valence-electron chi connectivity index (χ2n) is 2.94. The molecule has 0 atom stereocenters. The number of benzene rings is 1. The molecule has 0 fully saturated rings. The molecule has 1 nitrogen and oxygen atoms in total. The van der Waals surface area contributed by atoms with Crippen LogP contribution in [0.4, 0.5) is 0 Å². The lowest BCUT2D eigenvalue weighted by molar-refractivity contribution is 0.642. The van der Waals surface area contributed by atoms with Crippen molar-refractivity contribution in [1.82, 2.24) is 0 Å². The van der Waals surface area contributed by atoms with Gasteiger partial charge in [-0.1, -0.05) is 26.0 Å². The molecule has 2 heteroatoms. The Hall–Kier alpha value is -0.810. The van der Waals surface area contributed by atoms with Crippen LogP contribution in [-0.4, -0.2) is 6.30 Å².